The van der Waals surface area contributed by atoms with Gasteiger partial charge < -0.3 is 0 Å². The molecular formula is C17H19BN4O4S2. The van der Waals surface area contributed by atoms with E-state index in [1.807, 2.05) is 25.1 Å². The van der Waals surface area contributed by atoms with Crippen molar-refractivity contribution in [1.82, 2.24) is 15.0 Å². The van der Waals surface area contributed by atoms with Crippen molar-refractivity contribution >= 4 is 34.9 Å². The van der Waals surface area contributed by atoms with Crippen LogP contribution in [-0.4, -0.2) is 56.3 Å². The Morgan fingerprint density at radius 2 is 2.21 bits per heavy atom. The normalized spacial score (nSPS) is 12.8. The topological polar surface area (TPSA) is 124 Å². The SMILES string of the molecule is Cc1ncccc1Sc1cc(OCCO)cnc1/N=c1/[nH]c(C(O)CO)bs1. The third kappa shape index (κ3) is 5.27. The molecule has 0 aliphatic rings. The first-order valence-electron chi connectivity index (χ1n) is 8.45. The van der Waals surface area contributed by atoms with Gasteiger partial charge >= 0.3 is 170 Å². The summed E-state index contributed by atoms with van der Waals surface area (Å²) in [7, 11) is 0. The minimum atomic E-state index is -0.977. The Balaban J connectivity index is 1.98. The second-order valence-electron chi connectivity index (χ2n) is 5.69. The monoisotopic (exact) mass is 418 g/mol. The number of aliphatic hydroxyl groups is 3. The third-order valence-corrected chi connectivity index (χ3v) is 5.59. The zero-order valence-electron chi connectivity index (χ0n) is 15.1. The predicted octanol–water partition coefficient (Wildman–Crippen LogP) is 1.29. The first-order valence-corrected chi connectivity index (χ1v) is 10.1. The summed E-state index contributed by atoms with van der Waals surface area (Å²) in [5.41, 5.74) is 1.38. The summed E-state index contributed by atoms with van der Waals surface area (Å²) < 4.78 is 5.47. The fourth-order valence-corrected chi connectivity index (χ4v) is 3.95. The molecule has 11 heteroatoms. The van der Waals surface area contributed by atoms with Crippen LogP contribution in [0.4, 0.5) is 5.82 Å². The van der Waals surface area contributed by atoms with Crippen LogP contribution in [0.1, 0.15) is 17.4 Å². The number of aromatic nitrogens is 3. The van der Waals surface area contributed by atoms with E-state index in [4.69, 9.17) is 14.9 Å². The second-order valence-corrected chi connectivity index (χ2v) is 7.63. The van der Waals surface area contributed by atoms with Gasteiger partial charge in [-0.15, -0.1) is 0 Å². The van der Waals surface area contributed by atoms with Crippen LogP contribution < -0.4 is 9.54 Å². The molecule has 3 aromatic heterocycles. The first-order chi connectivity index (χ1) is 13.6. The summed E-state index contributed by atoms with van der Waals surface area (Å²) in [4.78, 5) is 18.5. The first kappa shape index (κ1) is 20.7. The van der Waals surface area contributed by atoms with E-state index in [0.717, 1.165) is 15.5 Å². The van der Waals surface area contributed by atoms with Gasteiger partial charge in [-0.25, -0.2) is 0 Å². The van der Waals surface area contributed by atoms with Crippen molar-refractivity contribution < 1.29 is 20.1 Å². The number of aliphatic hydroxyl groups excluding tert-OH is 3. The summed E-state index contributed by atoms with van der Waals surface area (Å²) in [6.07, 6.45) is 4.01. The van der Waals surface area contributed by atoms with Gasteiger partial charge in [-0.05, 0) is 0 Å². The number of aryl methyl sites for hydroxylation is 1. The molecule has 3 heterocycles. The molecule has 0 saturated heterocycles. The number of aromatic amines is 1. The van der Waals surface area contributed by atoms with Gasteiger partial charge in [0.15, 0.2) is 0 Å². The molecule has 0 amide bonds. The molecule has 0 aliphatic carbocycles. The van der Waals surface area contributed by atoms with E-state index < -0.39 is 6.10 Å². The van der Waals surface area contributed by atoms with Crippen LogP contribution in [0, 0.1) is 6.92 Å². The van der Waals surface area contributed by atoms with E-state index in [0.29, 0.717) is 22.0 Å². The van der Waals surface area contributed by atoms with Crippen molar-refractivity contribution in [2.24, 2.45) is 4.99 Å². The average Bonchev–Trinajstić information content (AvgIpc) is 3.17. The van der Waals surface area contributed by atoms with E-state index in [-0.39, 0.29) is 19.8 Å². The van der Waals surface area contributed by atoms with Crippen molar-refractivity contribution in [1.29, 1.82) is 0 Å². The number of H-pyrrole nitrogens is 1. The van der Waals surface area contributed by atoms with Crippen LogP contribution in [0.15, 0.2) is 45.4 Å². The van der Waals surface area contributed by atoms with Gasteiger partial charge in [0.25, 0.3) is 0 Å². The number of ether oxygens (including phenoxy) is 1. The molecule has 0 aromatic carbocycles. The number of hydrogen-bond acceptors (Lipinski definition) is 9. The summed E-state index contributed by atoms with van der Waals surface area (Å²) in [5.74, 6) is 1.01. The molecule has 0 saturated carbocycles. The molecule has 0 spiro atoms. The number of pyridine rings is 2. The van der Waals surface area contributed by atoms with Crippen LogP contribution in [0.25, 0.3) is 0 Å². The molecule has 0 bridgehead atoms. The van der Waals surface area contributed by atoms with Gasteiger partial charge in [0.1, 0.15) is 0 Å². The molecule has 0 aliphatic heterocycles. The maximum absolute atomic E-state index is 9.73. The number of rotatable bonds is 8. The Hall–Kier alpha value is -2.05. The minimum absolute atomic E-state index is 0.0869. The summed E-state index contributed by atoms with van der Waals surface area (Å²) in [6, 6.07) is 5.64. The average molecular weight is 418 g/mol. The number of nitrogens with zero attached hydrogens (tertiary/aromatic N) is 3. The Labute approximate surface area is 170 Å². The molecular weight excluding hydrogens is 399 g/mol. The number of hydrogen-bond donors (Lipinski definition) is 4. The maximum atomic E-state index is 9.73. The van der Waals surface area contributed by atoms with Crippen LogP contribution >= 0.6 is 22.9 Å². The molecule has 28 heavy (non-hydrogen) atoms. The molecule has 1 atom stereocenters. The van der Waals surface area contributed by atoms with Gasteiger partial charge in [0.05, 0.1) is 0 Å². The van der Waals surface area contributed by atoms with Crippen LogP contribution in [0.5, 0.6) is 5.75 Å². The van der Waals surface area contributed by atoms with Gasteiger partial charge in [0, 0.05) is 0 Å². The molecule has 146 valence electrons. The molecule has 3 aromatic rings. The fraction of sp³-hybridized carbons (Fsp3) is 0.294. The standard InChI is InChI=1S/C17H19BN4O4S2/c1-10-13(3-2-4-19-10)27-14-7-11(26-6-5-23)8-20-16(14)22-17-21-15(18-28-17)12(25)9-24/h2-4,7-8,12,23-25H,5-6,9H2,1H3,(H,20,21,22). The Bertz CT molecular complexity index is 995. The van der Waals surface area contributed by atoms with Gasteiger partial charge in [0.2, 0.25) is 0 Å². The quantitative estimate of drug-likeness (QED) is 0.435. The van der Waals surface area contributed by atoms with Crippen LogP contribution in [-0.2, 0) is 0 Å². The zero-order chi connectivity index (χ0) is 19.9. The fourth-order valence-electron chi connectivity index (χ4n) is 2.23. The summed E-state index contributed by atoms with van der Waals surface area (Å²) in [5, 5.41) is 27.8. The van der Waals surface area contributed by atoms with E-state index in [1.165, 1.54) is 22.9 Å². The molecule has 4 N–H and O–H groups in total. The van der Waals surface area contributed by atoms with E-state index >= 15 is 0 Å². The zero-order valence-corrected chi connectivity index (χ0v) is 16.7. The van der Waals surface area contributed by atoms with Crippen molar-refractivity contribution in [2.45, 2.75) is 22.8 Å². The molecule has 0 radical (unpaired) electrons. The van der Waals surface area contributed by atoms with E-state index in [9.17, 15) is 5.11 Å². The van der Waals surface area contributed by atoms with Gasteiger partial charge in [-0.2, -0.15) is 0 Å². The van der Waals surface area contributed by atoms with Gasteiger partial charge in [-0.3, -0.25) is 0 Å². The Morgan fingerprint density at radius 3 is 2.96 bits per heavy atom. The summed E-state index contributed by atoms with van der Waals surface area (Å²) in [6.45, 7) is 1.64. The Morgan fingerprint density at radius 1 is 1.36 bits per heavy atom. The molecule has 0 fully saturated rings. The van der Waals surface area contributed by atoms with E-state index in [2.05, 4.69) is 19.9 Å². The van der Waals surface area contributed by atoms with Crippen LogP contribution in [0.2, 0.25) is 0 Å². The Kier molecular flexibility index (Phi) is 7.34. The van der Waals surface area contributed by atoms with Crippen LogP contribution in [0.3, 0.4) is 0 Å². The second kappa shape index (κ2) is 9.94. The van der Waals surface area contributed by atoms with Crippen molar-refractivity contribution in [2.75, 3.05) is 19.8 Å². The van der Waals surface area contributed by atoms with Crippen molar-refractivity contribution in [3.63, 3.8) is 0 Å². The van der Waals surface area contributed by atoms with Gasteiger partial charge in [-0.1, -0.05) is 0 Å². The molecule has 1 unspecified atom stereocenters. The third-order valence-electron chi connectivity index (χ3n) is 3.63. The predicted molar refractivity (Wildman–Crippen MR) is 107 cm³/mol. The van der Waals surface area contributed by atoms with Crippen molar-refractivity contribution in [3.8, 4) is 5.75 Å². The molecule has 3 rings (SSSR count). The van der Waals surface area contributed by atoms with E-state index in [1.54, 1.807) is 18.6 Å². The summed E-state index contributed by atoms with van der Waals surface area (Å²) >= 11 is 2.77. The van der Waals surface area contributed by atoms with Crippen molar-refractivity contribution in [3.05, 3.63) is 46.7 Å². The number of nitrogens with one attached hydrogen (secondary N) is 1. The molecule has 8 nitrogen and oxygen atoms in total.